The third-order valence-corrected chi connectivity index (χ3v) is 4.01. The lowest BCUT2D eigenvalue weighted by Gasteiger charge is -2.12. The van der Waals surface area contributed by atoms with Gasteiger partial charge in [-0.15, -0.1) is 0 Å². The van der Waals surface area contributed by atoms with E-state index in [9.17, 15) is 4.79 Å². The fraction of sp³-hybridized carbons (Fsp3) is 0.111. The van der Waals surface area contributed by atoms with E-state index in [-0.39, 0.29) is 0 Å². The molecule has 0 fully saturated rings. The van der Waals surface area contributed by atoms with Crippen molar-refractivity contribution >= 4 is 23.2 Å². The summed E-state index contributed by atoms with van der Waals surface area (Å²) in [6.07, 6.45) is 3.68. The first-order chi connectivity index (χ1) is 11.6. The molecule has 0 spiro atoms. The summed E-state index contributed by atoms with van der Waals surface area (Å²) in [6, 6.07) is 15.3. The molecule has 5 nitrogen and oxygen atoms in total. The number of primary amides is 1. The first-order valence-corrected chi connectivity index (χ1v) is 7.89. The van der Waals surface area contributed by atoms with Gasteiger partial charge in [0.15, 0.2) is 0 Å². The molecule has 1 heterocycles. The lowest BCUT2D eigenvalue weighted by molar-refractivity contribution is 0.100. The molecule has 0 aliphatic rings. The van der Waals surface area contributed by atoms with E-state index >= 15 is 0 Å². The molecule has 0 saturated carbocycles. The maximum absolute atomic E-state index is 11.6. The van der Waals surface area contributed by atoms with Crippen LogP contribution in [-0.4, -0.2) is 15.5 Å². The largest absolute Gasteiger partial charge is 0.377 e. The van der Waals surface area contributed by atoms with Crippen molar-refractivity contribution in [2.75, 3.05) is 5.32 Å². The molecule has 2 aromatic carbocycles. The second-order valence-electron chi connectivity index (χ2n) is 5.34. The topological polar surface area (TPSA) is 72.9 Å². The third-order valence-electron chi connectivity index (χ3n) is 3.69. The highest BCUT2D eigenvalue weighted by Gasteiger charge is 2.13. The Morgan fingerprint density at radius 1 is 1.17 bits per heavy atom. The van der Waals surface area contributed by atoms with Gasteiger partial charge in [0.05, 0.1) is 17.1 Å². The van der Waals surface area contributed by atoms with Gasteiger partial charge in [0.1, 0.15) is 5.82 Å². The highest BCUT2D eigenvalue weighted by atomic mass is 35.5. The number of carbonyl (C=O) groups is 1. The van der Waals surface area contributed by atoms with Crippen LogP contribution in [0.15, 0.2) is 60.9 Å². The molecule has 1 aromatic heterocycles. The molecule has 6 heteroatoms. The highest BCUT2D eigenvalue weighted by Crippen LogP contribution is 2.24. The van der Waals surface area contributed by atoms with Crippen LogP contribution in [0.25, 0.3) is 0 Å². The van der Waals surface area contributed by atoms with Crippen LogP contribution >= 0.6 is 11.6 Å². The van der Waals surface area contributed by atoms with E-state index in [1.54, 1.807) is 24.4 Å². The molecule has 3 N–H and O–H groups in total. The quantitative estimate of drug-likeness (QED) is 0.723. The van der Waals surface area contributed by atoms with E-state index in [2.05, 4.69) is 27.0 Å². The minimum absolute atomic E-state index is 0.292. The first-order valence-electron chi connectivity index (χ1n) is 7.51. The van der Waals surface area contributed by atoms with Gasteiger partial charge in [0.25, 0.3) is 5.91 Å². The lowest BCUT2D eigenvalue weighted by atomic mass is 10.1. The second-order valence-corrected chi connectivity index (χ2v) is 5.74. The molecule has 3 aromatic rings. The van der Waals surface area contributed by atoms with Crippen LogP contribution in [0.2, 0.25) is 5.02 Å². The van der Waals surface area contributed by atoms with Crippen molar-refractivity contribution in [3.05, 3.63) is 82.9 Å². The van der Waals surface area contributed by atoms with Crippen LogP contribution < -0.4 is 11.1 Å². The van der Waals surface area contributed by atoms with Gasteiger partial charge < -0.3 is 15.6 Å². The molecule has 0 aliphatic heterocycles. The average molecular weight is 341 g/mol. The highest BCUT2D eigenvalue weighted by molar-refractivity contribution is 6.34. The van der Waals surface area contributed by atoms with Gasteiger partial charge >= 0.3 is 0 Å². The summed E-state index contributed by atoms with van der Waals surface area (Å²) in [5.41, 5.74) is 7.50. The Hall–Kier alpha value is -2.79. The summed E-state index contributed by atoms with van der Waals surface area (Å²) in [4.78, 5) is 16.0. The fourth-order valence-corrected chi connectivity index (χ4v) is 2.80. The Morgan fingerprint density at radius 2 is 1.96 bits per heavy atom. The van der Waals surface area contributed by atoms with Crippen LogP contribution in [-0.2, 0) is 13.1 Å². The molecule has 0 radical (unpaired) electrons. The fourth-order valence-electron chi connectivity index (χ4n) is 2.53. The molecule has 0 unspecified atom stereocenters. The number of aromatic nitrogens is 2. The van der Waals surface area contributed by atoms with Crippen LogP contribution in [0, 0.1) is 0 Å². The van der Waals surface area contributed by atoms with Gasteiger partial charge in [-0.3, -0.25) is 4.79 Å². The second kappa shape index (κ2) is 7.19. The number of benzene rings is 2. The summed E-state index contributed by atoms with van der Waals surface area (Å²) in [6.45, 7) is 1.19. The van der Waals surface area contributed by atoms with E-state index in [1.165, 1.54) is 5.56 Å². The number of amides is 1. The maximum Gasteiger partial charge on any atom is 0.252 e. The third kappa shape index (κ3) is 3.58. The van der Waals surface area contributed by atoms with Crippen LogP contribution in [0.3, 0.4) is 0 Å². The Labute approximate surface area is 145 Å². The minimum atomic E-state index is -0.560. The van der Waals surface area contributed by atoms with Gasteiger partial charge in [-0.25, -0.2) is 4.98 Å². The number of imidazole rings is 1. The standard InChI is InChI=1S/C18H17ClN4O/c19-14-7-4-8-15(17(14)18(20)24)22-11-16-21-9-10-23(16)12-13-5-2-1-3-6-13/h1-10,22H,11-12H2,(H2,20,24). The number of hydrogen-bond donors (Lipinski definition) is 2. The summed E-state index contributed by atoms with van der Waals surface area (Å²) in [5.74, 6) is 0.296. The number of hydrogen-bond acceptors (Lipinski definition) is 3. The van der Waals surface area contributed by atoms with Crippen molar-refractivity contribution in [1.29, 1.82) is 0 Å². The molecule has 122 valence electrons. The van der Waals surface area contributed by atoms with Crippen LogP contribution in [0.1, 0.15) is 21.7 Å². The van der Waals surface area contributed by atoms with Crippen LogP contribution in [0.4, 0.5) is 5.69 Å². The molecule has 3 rings (SSSR count). The Kier molecular flexibility index (Phi) is 4.82. The van der Waals surface area contributed by atoms with Crippen molar-refractivity contribution < 1.29 is 4.79 Å². The first kappa shape index (κ1) is 16.1. The van der Waals surface area contributed by atoms with Crippen molar-refractivity contribution in [3.63, 3.8) is 0 Å². The number of rotatable bonds is 6. The van der Waals surface area contributed by atoms with Crippen molar-refractivity contribution in [1.82, 2.24) is 9.55 Å². The zero-order chi connectivity index (χ0) is 16.9. The number of anilines is 1. The lowest BCUT2D eigenvalue weighted by Crippen LogP contribution is -2.16. The zero-order valence-electron chi connectivity index (χ0n) is 12.9. The maximum atomic E-state index is 11.6. The predicted octanol–water partition coefficient (Wildman–Crippen LogP) is 3.30. The smallest absolute Gasteiger partial charge is 0.252 e. The molecular formula is C18H17ClN4O. The van der Waals surface area contributed by atoms with Crippen molar-refractivity contribution in [2.45, 2.75) is 13.1 Å². The number of nitrogens with one attached hydrogen (secondary N) is 1. The average Bonchev–Trinajstić information content (AvgIpc) is 3.00. The molecule has 24 heavy (non-hydrogen) atoms. The predicted molar refractivity (Wildman–Crippen MR) is 95.1 cm³/mol. The van der Waals surface area contributed by atoms with Crippen LogP contribution in [0.5, 0.6) is 0 Å². The Bertz CT molecular complexity index is 845. The Morgan fingerprint density at radius 3 is 2.71 bits per heavy atom. The van der Waals surface area contributed by atoms with Crippen molar-refractivity contribution in [2.24, 2.45) is 5.73 Å². The monoisotopic (exact) mass is 340 g/mol. The normalized spacial score (nSPS) is 10.5. The van der Waals surface area contributed by atoms with E-state index in [1.807, 2.05) is 24.4 Å². The summed E-state index contributed by atoms with van der Waals surface area (Å²) >= 11 is 6.06. The number of carbonyl (C=O) groups excluding carboxylic acids is 1. The Balaban J connectivity index is 1.76. The zero-order valence-corrected chi connectivity index (χ0v) is 13.7. The number of halogens is 1. The van der Waals surface area contributed by atoms with Gasteiger partial charge in [-0.1, -0.05) is 48.0 Å². The SMILES string of the molecule is NC(=O)c1c(Cl)cccc1NCc1nccn1Cc1ccccc1. The molecule has 0 saturated heterocycles. The summed E-state index contributed by atoms with van der Waals surface area (Å²) in [5, 5.41) is 3.53. The molecule has 0 bridgehead atoms. The van der Waals surface area contributed by atoms with E-state index in [0.29, 0.717) is 22.8 Å². The summed E-state index contributed by atoms with van der Waals surface area (Å²) in [7, 11) is 0. The van der Waals surface area contributed by atoms with E-state index < -0.39 is 5.91 Å². The molecular weight excluding hydrogens is 324 g/mol. The molecule has 0 atom stereocenters. The van der Waals surface area contributed by atoms with Crippen molar-refractivity contribution in [3.8, 4) is 0 Å². The molecule has 1 amide bonds. The van der Waals surface area contributed by atoms with E-state index in [0.717, 1.165) is 12.4 Å². The minimum Gasteiger partial charge on any atom is -0.377 e. The number of nitrogens with zero attached hydrogens (tertiary/aromatic N) is 2. The summed E-state index contributed by atoms with van der Waals surface area (Å²) < 4.78 is 2.05. The van der Waals surface area contributed by atoms with E-state index in [4.69, 9.17) is 17.3 Å². The van der Waals surface area contributed by atoms with Gasteiger partial charge in [-0.2, -0.15) is 0 Å². The van der Waals surface area contributed by atoms with Gasteiger partial charge in [0.2, 0.25) is 0 Å². The van der Waals surface area contributed by atoms with Gasteiger partial charge in [0, 0.05) is 24.6 Å². The molecule has 0 aliphatic carbocycles. The number of nitrogens with two attached hydrogens (primary N) is 1. The van der Waals surface area contributed by atoms with Gasteiger partial charge in [-0.05, 0) is 17.7 Å².